The van der Waals surface area contributed by atoms with E-state index in [1.807, 2.05) is 13.8 Å². The molecular weight excluding hydrogens is 500 g/mol. The van der Waals surface area contributed by atoms with Gasteiger partial charge in [0, 0.05) is 15.6 Å². The third kappa shape index (κ3) is 4.82. The fourth-order valence-electron chi connectivity index (χ4n) is 2.74. The van der Waals surface area contributed by atoms with E-state index in [1.54, 1.807) is 6.07 Å². The standard InChI is InChI=1S/C18H19ClF3IO4/c1-3-9(4-2)8-26-14-11(7-23)5-10-6-12(17(24)25)16(18(20,21)22)27-15(10)13(14)19/h5-6,9,16H,3-4,7-8H2,1-2H3,(H,24,25). The van der Waals surface area contributed by atoms with Crippen LogP contribution >= 0.6 is 34.2 Å². The van der Waals surface area contributed by atoms with Crippen LogP contribution in [0.4, 0.5) is 13.2 Å². The first-order valence-corrected chi connectivity index (χ1v) is 10.3. The average Bonchev–Trinajstić information content (AvgIpc) is 2.61. The molecular formula is C18H19ClF3IO4. The Morgan fingerprint density at radius 3 is 2.52 bits per heavy atom. The van der Waals surface area contributed by atoms with Gasteiger partial charge in [0.15, 0.2) is 0 Å². The van der Waals surface area contributed by atoms with Crippen molar-refractivity contribution < 1.29 is 32.5 Å². The summed E-state index contributed by atoms with van der Waals surface area (Å²) in [7, 11) is 0. The summed E-state index contributed by atoms with van der Waals surface area (Å²) in [6, 6.07) is 1.56. The van der Waals surface area contributed by atoms with Gasteiger partial charge in [-0.3, -0.25) is 0 Å². The molecule has 150 valence electrons. The summed E-state index contributed by atoms with van der Waals surface area (Å²) < 4.78 is 51.1. The first-order valence-electron chi connectivity index (χ1n) is 8.36. The molecule has 0 radical (unpaired) electrons. The quantitative estimate of drug-likeness (QED) is 0.362. The Morgan fingerprint density at radius 2 is 2.04 bits per heavy atom. The second kappa shape index (κ2) is 8.89. The zero-order chi connectivity index (χ0) is 20.4. The fraction of sp³-hybridized carbons (Fsp3) is 0.500. The Hall–Kier alpha value is -1.16. The van der Waals surface area contributed by atoms with Crippen molar-refractivity contribution in [2.75, 3.05) is 6.61 Å². The number of benzene rings is 1. The van der Waals surface area contributed by atoms with E-state index in [9.17, 15) is 18.0 Å². The van der Waals surface area contributed by atoms with Gasteiger partial charge < -0.3 is 14.6 Å². The molecule has 0 saturated heterocycles. The molecule has 1 aromatic carbocycles. The number of aliphatic carboxylic acids is 1. The summed E-state index contributed by atoms with van der Waals surface area (Å²) in [5, 5.41) is 9.07. The van der Waals surface area contributed by atoms with Gasteiger partial charge in [-0.2, -0.15) is 13.2 Å². The number of carboxylic acid groups (broad SMARTS) is 1. The number of carboxylic acids is 1. The summed E-state index contributed by atoms with van der Waals surface area (Å²) in [4.78, 5) is 11.3. The number of hydrogen-bond acceptors (Lipinski definition) is 3. The van der Waals surface area contributed by atoms with Crippen molar-refractivity contribution in [3.63, 3.8) is 0 Å². The topological polar surface area (TPSA) is 55.8 Å². The highest BCUT2D eigenvalue weighted by Crippen LogP contribution is 2.47. The van der Waals surface area contributed by atoms with Crippen molar-refractivity contribution >= 4 is 46.2 Å². The number of carbonyl (C=O) groups is 1. The molecule has 1 aliphatic heterocycles. The van der Waals surface area contributed by atoms with Crippen molar-refractivity contribution in [1.82, 2.24) is 0 Å². The molecule has 0 bridgehead atoms. The van der Waals surface area contributed by atoms with Crippen LogP contribution in [0.5, 0.6) is 11.5 Å². The smallest absolute Gasteiger partial charge is 0.430 e. The van der Waals surface area contributed by atoms with E-state index in [1.165, 1.54) is 0 Å². The highest BCUT2D eigenvalue weighted by atomic mass is 127. The SMILES string of the molecule is CCC(CC)COc1c(CI)cc2c(c1Cl)OC(C(F)(F)F)C(C(=O)O)=C2. The van der Waals surface area contributed by atoms with Gasteiger partial charge in [-0.15, -0.1) is 0 Å². The molecule has 1 atom stereocenters. The monoisotopic (exact) mass is 518 g/mol. The highest BCUT2D eigenvalue weighted by Gasteiger charge is 2.49. The third-order valence-corrected chi connectivity index (χ3v) is 5.58. The molecule has 1 aromatic rings. The van der Waals surface area contributed by atoms with E-state index < -0.39 is 23.8 Å². The summed E-state index contributed by atoms with van der Waals surface area (Å²) in [6.07, 6.45) is -4.71. The molecule has 0 amide bonds. The molecule has 0 saturated carbocycles. The number of fused-ring (bicyclic) bond motifs is 1. The Balaban J connectivity index is 2.51. The zero-order valence-electron chi connectivity index (χ0n) is 14.7. The predicted octanol–water partition coefficient (Wildman–Crippen LogP) is 5.88. The van der Waals surface area contributed by atoms with Gasteiger partial charge in [-0.1, -0.05) is 60.9 Å². The van der Waals surface area contributed by atoms with Crippen LogP contribution in [-0.4, -0.2) is 30.0 Å². The maximum Gasteiger partial charge on any atom is 0.430 e. The number of alkyl halides is 4. The van der Waals surface area contributed by atoms with Crippen LogP contribution in [0.1, 0.15) is 37.8 Å². The van der Waals surface area contributed by atoms with Crippen LogP contribution < -0.4 is 9.47 Å². The summed E-state index contributed by atoms with van der Waals surface area (Å²) in [6.45, 7) is 4.44. The minimum absolute atomic E-state index is 0.0694. The molecule has 1 aliphatic rings. The van der Waals surface area contributed by atoms with E-state index in [2.05, 4.69) is 22.6 Å². The molecule has 0 aliphatic carbocycles. The van der Waals surface area contributed by atoms with Crippen LogP contribution in [0.15, 0.2) is 11.6 Å². The number of ether oxygens (including phenoxy) is 2. The fourth-order valence-corrected chi connectivity index (χ4v) is 3.64. The molecule has 2 rings (SSSR count). The number of halogens is 5. The maximum absolute atomic E-state index is 13.3. The van der Waals surface area contributed by atoms with Gasteiger partial charge in [0.2, 0.25) is 6.10 Å². The molecule has 4 nitrogen and oxygen atoms in total. The lowest BCUT2D eigenvalue weighted by Gasteiger charge is -2.29. The molecule has 1 N–H and O–H groups in total. The molecule has 1 heterocycles. The lowest BCUT2D eigenvalue weighted by Crippen LogP contribution is -2.40. The van der Waals surface area contributed by atoms with Gasteiger partial charge in [0.25, 0.3) is 0 Å². The first-order chi connectivity index (χ1) is 12.6. The van der Waals surface area contributed by atoms with Crippen LogP contribution in [0.3, 0.4) is 0 Å². The first kappa shape index (κ1) is 22.1. The van der Waals surface area contributed by atoms with E-state index >= 15 is 0 Å². The minimum atomic E-state index is -4.89. The Bertz CT molecular complexity index is 745. The summed E-state index contributed by atoms with van der Waals surface area (Å²) in [5.74, 6) is -1.33. The molecule has 0 aromatic heterocycles. The Labute approximate surface area is 173 Å². The predicted molar refractivity (Wildman–Crippen MR) is 105 cm³/mol. The van der Waals surface area contributed by atoms with E-state index in [0.717, 1.165) is 18.9 Å². The van der Waals surface area contributed by atoms with Crippen LogP contribution in [0, 0.1) is 5.92 Å². The van der Waals surface area contributed by atoms with Crippen molar-refractivity contribution in [3.05, 3.63) is 27.8 Å². The third-order valence-electron chi connectivity index (χ3n) is 4.42. The van der Waals surface area contributed by atoms with Crippen molar-refractivity contribution in [3.8, 4) is 11.5 Å². The van der Waals surface area contributed by atoms with Crippen molar-refractivity contribution in [2.24, 2.45) is 5.92 Å². The maximum atomic E-state index is 13.3. The Kier molecular flexibility index (Phi) is 7.29. The van der Waals surface area contributed by atoms with E-state index in [-0.39, 0.29) is 22.1 Å². The molecule has 1 unspecified atom stereocenters. The second-order valence-corrected chi connectivity index (χ2v) is 7.31. The van der Waals surface area contributed by atoms with E-state index in [0.29, 0.717) is 22.5 Å². The minimum Gasteiger partial charge on any atom is -0.491 e. The van der Waals surface area contributed by atoms with Gasteiger partial charge in [-0.05, 0) is 18.1 Å². The second-order valence-electron chi connectivity index (χ2n) is 6.17. The molecule has 0 spiro atoms. The van der Waals surface area contributed by atoms with Gasteiger partial charge in [-0.25, -0.2) is 4.79 Å². The number of rotatable bonds is 7. The molecule has 27 heavy (non-hydrogen) atoms. The van der Waals surface area contributed by atoms with Crippen LogP contribution in [0.2, 0.25) is 5.02 Å². The Morgan fingerprint density at radius 1 is 1.41 bits per heavy atom. The number of hydrogen-bond donors (Lipinski definition) is 1. The zero-order valence-corrected chi connectivity index (χ0v) is 17.6. The van der Waals surface area contributed by atoms with Gasteiger partial charge in [0.05, 0.1) is 12.2 Å². The van der Waals surface area contributed by atoms with Crippen molar-refractivity contribution in [2.45, 2.75) is 43.4 Å². The average molecular weight is 519 g/mol. The van der Waals surface area contributed by atoms with Crippen LogP contribution in [-0.2, 0) is 9.22 Å². The van der Waals surface area contributed by atoms with Gasteiger partial charge in [0.1, 0.15) is 16.5 Å². The molecule has 9 heteroatoms. The van der Waals surface area contributed by atoms with Crippen LogP contribution in [0.25, 0.3) is 6.08 Å². The lowest BCUT2D eigenvalue weighted by atomic mass is 9.99. The lowest BCUT2D eigenvalue weighted by molar-refractivity contribution is -0.187. The molecule has 0 fully saturated rings. The van der Waals surface area contributed by atoms with Crippen molar-refractivity contribution in [1.29, 1.82) is 0 Å². The summed E-state index contributed by atoms with van der Waals surface area (Å²) >= 11 is 8.41. The summed E-state index contributed by atoms with van der Waals surface area (Å²) in [5.41, 5.74) is -0.0176. The van der Waals surface area contributed by atoms with Gasteiger partial charge >= 0.3 is 12.1 Å². The van der Waals surface area contributed by atoms with E-state index in [4.69, 9.17) is 26.2 Å². The highest BCUT2D eigenvalue weighted by molar-refractivity contribution is 14.1. The normalized spacial score (nSPS) is 16.6. The largest absolute Gasteiger partial charge is 0.491 e.